The minimum atomic E-state index is -4.22. The molecule has 0 radical (unpaired) electrons. The molecular formula is C17H20ClF3N4O. The molecule has 0 aliphatic carbocycles. The first kappa shape index (κ1) is 19.1. The van der Waals surface area contributed by atoms with Crippen LogP contribution in [0.4, 0.5) is 13.2 Å². The van der Waals surface area contributed by atoms with Gasteiger partial charge in [0.05, 0.1) is 28.5 Å². The van der Waals surface area contributed by atoms with Gasteiger partial charge in [-0.05, 0) is 31.9 Å². The van der Waals surface area contributed by atoms with Crippen LogP contribution in [0.1, 0.15) is 37.7 Å². The summed E-state index contributed by atoms with van der Waals surface area (Å²) in [5, 5.41) is 0.621. The van der Waals surface area contributed by atoms with Crippen molar-refractivity contribution in [1.82, 2.24) is 14.5 Å². The van der Waals surface area contributed by atoms with Crippen molar-refractivity contribution >= 4 is 22.5 Å². The third kappa shape index (κ3) is 3.87. The zero-order chi connectivity index (χ0) is 19.1. The number of fused-ring (bicyclic) bond motifs is 1. The first-order valence-electron chi connectivity index (χ1n) is 8.42. The Morgan fingerprint density at radius 1 is 1.35 bits per heavy atom. The third-order valence-corrected chi connectivity index (χ3v) is 4.95. The predicted molar refractivity (Wildman–Crippen MR) is 94.4 cm³/mol. The average molecular weight is 389 g/mol. The Morgan fingerprint density at radius 2 is 2.00 bits per heavy atom. The van der Waals surface area contributed by atoms with E-state index in [2.05, 4.69) is 4.98 Å². The van der Waals surface area contributed by atoms with Crippen LogP contribution in [-0.4, -0.2) is 40.3 Å². The fraction of sp³-hybridized carbons (Fsp3) is 0.529. The number of likely N-dealkylation sites (tertiary alicyclic amines) is 1. The maximum atomic E-state index is 13.1. The summed E-state index contributed by atoms with van der Waals surface area (Å²) in [4.78, 5) is 18.9. The maximum Gasteiger partial charge on any atom is 0.401 e. The third-order valence-electron chi connectivity index (χ3n) is 4.64. The molecule has 1 saturated heterocycles. The van der Waals surface area contributed by atoms with E-state index in [1.807, 2.05) is 0 Å². The first-order chi connectivity index (χ1) is 12.2. The highest BCUT2D eigenvalue weighted by Crippen LogP contribution is 2.28. The fourth-order valence-corrected chi connectivity index (χ4v) is 3.73. The molecule has 0 unspecified atom stereocenters. The molecule has 0 amide bonds. The van der Waals surface area contributed by atoms with Crippen LogP contribution in [0.2, 0.25) is 5.02 Å². The van der Waals surface area contributed by atoms with E-state index in [9.17, 15) is 18.0 Å². The van der Waals surface area contributed by atoms with Crippen molar-refractivity contribution < 1.29 is 13.2 Å². The summed E-state index contributed by atoms with van der Waals surface area (Å²) < 4.78 is 39.3. The second-order valence-electron chi connectivity index (χ2n) is 6.69. The molecular weight excluding hydrogens is 369 g/mol. The van der Waals surface area contributed by atoms with Gasteiger partial charge in [-0.2, -0.15) is 13.2 Å². The number of benzene rings is 1. The Morgan fingerprint density at radius 3 is 2.58 bits per heavy atom. The van der Waals surface area contributed by atoms with Crippen LogP contribution in [0.25, 0.3) is 10.9 Å². The molecule has 142 valence electrons. The molecule has 1 atom stereocenters. The quantitative estimate of drug-likeness (QED) is 0.876. The molecule has 1 fully saturated rings. The molecule has 0 saturated carbocycles. The highest BCUT2D eigenvalue weighted by molar-refractivity contribution is 6.35. The van der Waals surface area contributed by atoms with E-state index in [-0.39, 0.29) is 24.7 Å². The smallest absolute Gasteiger partial charge is 0.322 e. The number of aromatic nitrogens is 2. The SMILES string of the molecule is C[C@H](N)c1nc2cccc(Cl)c2c(=O)n1C1CCN(CC(F)(F)F)CC1. The number of halogens is 4. The molecule has 0 spiro atoms. The molecule has 1 aliphatic rings. The number of piperidine rings is 1. The van der Waals surface area contributed by atoms with Crippen LogP contribution in [0.3, 0.4) is 0 Å². The van der Waals surface area contributed by atoms with Crippen molar-refractivity contribution in [3.8, 4) is 0 Å². The van der Waals surface area contributed by atoms with Gasteiger partial charge in [-0.25, -0.2) is 4.98 Å². The number of rotatable bonds is 3. The summed E-state index contributed by atoms with van der Waals surface area (Å²) in [6.07, 6.45) is -3.38. The maximum absolute atomic E-state index is 13.1. The molecule has 26 heavy (non-hydrogen) atoms. The fourth-order valence-electron chi connectivity index (χ4n) is 3.48. The van der Waals surface area contributed by atoms with Crippen LogP contribution in [0.15, 0.2) is 23.0 Å². The zero-order valence-corrected chi connectivity index (χ0v) is 15.0. The van der Waals surface area contributed by atoms with Gasteiger partial charge in [0.15, 0.2) is 0 Å². The lowest BCUT2D eigenvalue weighted by molar-refractivity contribution is -0.148. The lowest BCUT2D eigenvalue weighted by Crippen LogP contribution is -2.43. The number of hydrogen-bond acceptors (Lipinski definition) is 4. The normalized spacial score (nSPS) is 18.4. The molecule has 3 rings (SSSR count). The van der Waals surface area contributed by atoms with Gasteiger partial charge in [0.2, 0.25) is 0 Å². The second-order valence-corrected chi connectivity index (χ2v) is 7.10. The van der Waals surface area contributed by atoms with Gasteiger partial charge in [0.25, 0.3) is 5.56 Å². The van der Waals surface area contributed by atoms with Gasteiger partial charge in [0.1, 0.15) is 5.82 Å². The summed E-state index contributed by atoms with van der Waals surface area (Å²) in [6, 6.07) is 4.29. The van der Waals surface area contributed by atoms with E-state index in [0.29, 0.717) is 34.6 Å². The summed E-state index contributed by atoms with van der Waals surface area (Å²) >= 11 is 6.18. The van der Waals surface area contributed by atoms with Crippen LogP contribution in [-0.2, 0) is 0 Å². The highest BCUT2D eigenvalue weighted by atomic mass is 35.5. The van der Waals surface area contributed by atoms with E-state index in [1.54, 1.807) is 25.1 Å². The zero-order valence-electron chi connectivity index (χ0n) is 14.3. The second kappa shape index (κ2) is 7.17. The molecule has 2 N–H and O–H groups in total. The van der Waals surface area contributed by atoms with Crippen molar-refractivity contribution in [3.05, 3.63) is 39.4 Å². The van der Waals surface area contributed by atoms with Gasteiger partial charge in [-0.1, -0.05) is 17.7 Å². The van der Waals surface area contributed by atoms with Crippen LogP contribution in [0, 0.1) is 0 Å². The van der Waals surface area contributed by atoms with E-state index in [1.165, 1.54) is 9.47 Å². The monoisotopic (exact) mass is 388 g/mol. The lowest BCUT2D eigenvalue weighted by atomic mass is 10.0. The first-order valence-corrected chi connectivity index (χ1v) is 8.80. The van der Waals surface area contributed by atoms with Gasteiger partial charge >= 0.3 is 6.18 Å². The summed E-state index contributed by atoms with van der Waals surface area (Å²) in [5.74, 6) is 0.430. The molecule has 5 nitrogen and oxygen atoms in total. The van der Waals surface area contributed by atoms with Gasteiger partial charge in [-0.3, -0.25) is 14.3 Å². The summed E-state index contributed by atoms with van der Waals surface area (Å²) in [5.41, 5.74) is 6.20. The van der Waals surface area contributed by atoms with Gasteiger partial charge < -0.3 is 5.73 Å². The van der Waals surface area contributed by atoms with Crippen molar-refractivity contribution in [2.45, 2.75) is 38.0 Å². The number of nitrogens with zero attached hydrogens (tertiary/aromatic N) is 3. The summed E-state index contributed by atoms with van der Waals surface area (Å²) in [6.45, 7) is 1.31. The van der Waals surface area contributed by atoms with E-state index >= 15 is 0 Å². The minimum Gasteiger partial charge on any atom is -0.322 e. The summed E-state index contributed by atoms with van der Waals surface area (Å²) in [7, 11) is 0. The van der Waals surface area contributed by atoms with Crippen molar-refractivity contribution in [3.63, 3.8) is 0 Å². The Bertz CT molecular complexity index is 857. The molecule has 1 aromatic carbocycles. The average Bonchev–Trinajstić information content (AvgIpc) is 2.54. The van der Waals surface area contributed by atoms with Crippen LogP contribution >= 0.6 is 11.6 Å². The Balaban J connectivity index is 1.97. The van der Waals surface area contributed by atoms with E-state index in [0.717, 1.165) is 0 Å². The minimum absolute atomic E-state index is 0.249. The standard InChI is InChI=1S/C17H20ClF3N4O/c1-10(22)15-23-13-4-2-3-12(18)14(13)16(26)25(15)11-5-7-24(8-6-11)9-17(19,20)21/h2-4,10-11H,5-9,22H2,1H3/t10-/m0/s1. The van der Waals surface area contributed by atoms with Gasteiger partial charge in [-0.15, -0.1) is 0 Å². The number of alkyl halides is 3. The Labute approximate surface area is 153 Å². The number of nitrogens with two attached hydrogens (primary N) is 1. The van der Waals surface area contributed by atoms with Crippen molar-refractivity contribution in [2.24, 2.45) is 5.73 Å². The van der Waals surface area contributed by atoms with Crippen LogP contribution < -0.4 is 11.3 Å². The van der Waals surface area contributed by atoms with Gasteiger partial charge in [0, 0.05) is 19.1 Å². The number of hydrogen-bond donors (Lipinski definition) is 1. The molecule has 2 heterocycles. The van der Waals surface area contributed by atoms with Crippen molar-refractivity contribution in [2.75, 3.05) is 19.6 Å². The molecule has 2 aromatic rings. The predicted octanol–water partition coefficient (Wildman–Crippen LogP) is 3.27. The molecule has 1 aliphatic heterocycles. The Kier molecular flexibility index (Phi) is 5.28. The highest BCUT2D eigenvalue weighted by Gasteiger charge is 2.33. The van der Waals surface area contributed by atoms with Crippen LogP contribution in [0.5, 0.6) is 0 Å². The Hall–Kier alpha value is -1.64. The van der Waals surface area contributed by atoms with Crippen molar-refractivity contribution in [1.29, 1.82) is 0 Å². The molecule has 1 aromatic heterocycles. The topological polar surface area (TPSA) is 64.1 Å². The molecule has 9 heteroatoms. The van der Waals surface area contributed by atoms with E-state index in [4.69, 9.17) is 17.3 Å². The van der Waals surface area contributed by atoms with E-state index < -0.39 is 18.8 Å². The molecule has 0 bridgehead atoms. The largest absolute Gasteiger partial charge is 0.401 e. The lowest BCUT2D eigenvalue weighted by Gasteiger charge is -2.34.